The number of amides is 1. The average Bonchev–Trinajstić information content (AvgIpc) is 3.20. The first-order valence-electron chi connectivity index (χ1n) is 8.91. The highest BCUT2D eigenvalue weighted by Gasteiger charge is 2.23. The van der Waals surface area contributed by atoms with Crippen molar-refractivity contribution < 1.29 is 9.18 Å². The second-order valence-electron chi connectivity index (χ2n) is 6.60. The number of hydrogen-bond acceptors (Lipinski definition) is 4. The van der Waals surface area contributed by atoms with Crippen LogP contribution in [0.1, 0.15) is 16.1 Å². The van der Waals surface area contributed by atoms with Crippen LogP contribution in [0.3, 0.4) is 0 Å². The number of piperazine rings is 1. The number of benzene rings is 1. The number of H-pyrrole nitrogens is 1. The van der Waals surface area contributed by atoms with Crippen LogP contribution in [0, 0.1) is 5.82 Å². The van der Waals surface area contributed by atoms with Crippen molar-refractivity contribution in [1.82, 2.24) is 25.0 Å². The predicted octanol–water partition coefficient (Wildman–Crippen LogP) is 2.57. The van der Waals surface area contributed by atoms with Crippen molar-refractivity contribution in [2.24, 2.45) is 0 Å². The Balaban J connectivity index is 1.36. The fraction of sp³-hybridized carbons (Fsp3) is 0.250. The molecule has 1 amide bonds. The highest BCUT2D eigenvalue weighted by molar-refractivity contribution is 5.93. The van der Waals surface area contributed by atoms with E-state index in [4.69, 9.17) is 0 Å². The van der Waals surface area contributed by atoms with E-state index in [9.17, 15) is 9.18 Å². The van der Waals surface area contributed by atoms with E-state index in [1.54, 1.807) is 30.6 Å². The third-order valence-electron chi connectivity index (χ3n) is 4.76. The number of aromatic amines is 1. The Morgan fingerprint density at radius 3 is 2.44 bits per heavy atom. The summed E-state index contributed by atoms with van der Waals surface area (Å²) in [4.78, 5) is 20.9. The molecule has 0 saturated carbocycles. The molecule has 0 spiro atoms. The molecule has 138 valence electrons. The first-order chi connectivity index (χ1) is 13.2. The Hall–Kier alpha value is -3.06. The van der Waals surface area contributed by atoms with E-state index in [0.717, 1.165) is 25.2 Å². The summed E-state index contributed by atoms with van der Waals surface area (Å²) in [6.45, 7) is 3.87. The van der Waals surface area contributed by atoms with Crippen LogP contribution >= 0.6 is 0 Å². The minimum absolute atomic E-state index is 0.0561. The zero-order chi connectivity index (χ0) is 18.6. The minimum atomic E-state index is -0.296. The molecule has 1 fully saturated rings. The van der Waals surface area contributed by atoms with Crippen LogP contribution < -0.4 is 0 Å². The van der Waals surface area contributed by atoms with E-state index in [-0.39, 0.29) is 11.7 Å². The summed E-state index contributed by atoms with van der Waals surface area (Å²) in [5.41, 5.74) is 3.09. The highest BCUT2D eigenvalue weighted by Crippen LogP contribution is 2.19. The van der Waals surface area contributed by atoms with Crippen LogP contribution in [0.15, 0.2) is 54.9 Å². The molecule has 1 N–H and O–H groups in total. The highest BCUT2D eigenvalue weighted by atomic mass is 19.1. The van der Waals surface area contributed by atoms with Gasteiger partial charge in [0.05, 0.1) is 5.69 Å². The van der Waals surface area contributed by atoms with E-state index in [1.807, 2.05) is 17.0 Å². The van der Waals surface area contributed by atoms with E-state index >= 15 is 0 Å². The van der Waals surface area contributed by atoms with Crippen molar-refractivity contribution in [2.75, 3.05) is 26.2 Å². The van der Waals surface area contributed by atoms with E-state index < -0.39 is 0 Å². The molecule has 1 aliphatic rings. The Morgan fingerprint density at radius 1 is 1.04 bits per heavy atom. The third-order valence-corrected chi connectivity index (χ3v) is 4.76. The van der Waals surface area contributed by atoms with Crippen molar-refractivity contribution in [2.45, 2.75) is 6.54 Å². The number of carbonyl (C=O) groups is 1. The van der Waals surface area contributed by atoms with Gasteiger partial charge in [-0.1, -0.05) is 0 Å². The number of nitrogens with one attached hydrogen (secondary N) is 1. The summed E-state index contributed by atoms with van der Waals surface area (Å²) in [5, 5.41) is 7.00. The summed E-state index contributed by atoms with van der Waals surface area (Å²) in [6, 6.07) is 11.8. The molecular weight excluding hydrogens is 345 g/mol. The number of aromatic nitrogens is 3. The van der Waals surface area contributed by atoms with Gasteiger partial charge in [0.2, 0.25) is 0 Å². The van der Waals surface area contributed by atoms with E-state index in [1.165, 1.54) is 17.7 Å². The lowest BCUT2D eigenvalue weighted by atomic mass is 10.1. The molecule has 0 aliphatic carbocycles. The zero-order valence-electron chi connectivity index (χ0n) is 14.8. The Kier molecular flexibility index (Phi) is 4.93. The first-order valence-corrected chi connectivity index (χ1v) is 8.91. The quantitative estimate of drug-likeness (QED) is 0.772. The lowest BCUT2D eigenvalue weighted by Crippen LogP contribution is -2.48. The number of nitrogens with zero attached hydrogens (tertiary/aromatic N) is 4. The zero-order valence-corrected chi connectivity index (χ0v) is 14.8. The van der Waals surface area contributed by atoms with Crippen molar-refractivity contribution in [3.05, 3.63) is 71.9 Å². The van der Waals surface area contributed by atoms with Gasteiger partial charge in [-0.15, -0.1) is 0 Å². The molecule has 27 heavy (non-hydrogen) atoms. The van der Waals surface area contributed by atoms with Gasteiger partial charge < -0.3 is 4.90 Å². The molecule has 0 unspecified atom stereocenters. The van der Waals surface area contributed by atoms with E-state index in [2.05, 4.69) is 20.1 Å². The van der Waals surface area contributed by atoms with Crippen molar-refractivity contribution >= 4 is 5.91 Å². The van der Waals surface area contributed by atoms with Crippen molar-refractivity contribution in [3.8, 4) is 11.3 Å². The smallest absolute Gasteiger partial charge is 0.271 e. The molecule has 0 atom stereocenters. The Labute approximate surface area is 156 Å². The van der Waals surface area contributed by atoms with Crippen LogP contribution in [0.4, 0.5) is 4.39 Å². The van der Waals surface area contributed by atoms with E-state index in [0.29, 0.717) is 24.5 Å². The summed E-state index contributed by atoms with van der Waals surface area (Å²) in [6.07, 6.45) is 3.60. The fourth-order valence-electron chi connectivity index (χ4n) is 3.23. The molecule has 1 aliphatic heterocycles. The minimum Gasteiger partial charge on any atom is -0.335 e. The summed E-state index contributed by atoms with van der Waals surface area (Å²) in [5.74, 6) is -0.352. The standard InChI is InChI=1S/C20H20FN5O/c21-17-3-1-16(2-4-17)18-13-19(24-23-18)20(27)26-11-9-25(10-12-26)14-15-5-7-22-8-6-15/h1-8,13H,9-12,14H2,(H,23,24). The predicted molar refractivity (Wildman–Crippen MR) is 99.4 cm³/mol. The first kappa shape index (κ1) is 17.4. The van der Waals surface area contributed by atoms with Gasteiger partial charge in [-0.3, -0.25) is 19.8 Å². The van der Waals surface area contributed by atoms with Gasteiger partial charge in [0, 0.05) is 50.7 Å². The van der Waals surface area contributed by atoms with Gasteiger partial charge in [-0.25, -0.2) is 4.39 Å². The molecule has 3 heterocycles. The maximum Gasteiger partial charge on any atom is 0.271 e. The number of carbonyl (C=O) groups excluding carboxylic acids is 1. The van der Waals surface area contributed by atoms with Gasteiger partial charge in [0.1, 0.15) is 11.5 Å². The lowest BCUT2D eigenvalue weighted by Gasteiger charge is -2.34. The number of pyridine rings is 1. The second kappa shape index (κ2) is 7.67. The maximum atomic E-state index is 13.1. The number of hydrogen-bond donors (Lipinski definition) is 1. The van der Waals surface area contributed by atoms with Gasteiger partial charge in [-0.2, -0.15) is 5.10 Å². The summed E-state index contributed by atoms with van der Waals surface area (Å²) >= 11 is 0. The van der Waals surface area contributed by atoms with Crippen molar-refractivity contribution in [3.63, 3.8) is 0 Å². The van der Waals surface area contributed by atoms with Crippen LogP contribution in [0.25, 0.3) is 11.3 Å². The molecular formula is C20H20FN5O. The summed E-state index contributed by atoms with van der Waals surface area (Å²) in [7, 11) is 0. The van der Waals surface area contributed by atoms with Crippen molar-refractivity contribution in [1.29, 1.82) is 0 Å². The van der Waals surface area contributed by atoms with Crippen LogP contribution in [-0.2, 0) is 6.54 Å². The van der Waals surface area contributed by atoms with Gasteiger partial charge >= 0.3 is 0 Å². The third kappa shape index (κ3) is 4.03. The molecule has 4 rings (SSSR count). The summed E-state index contributed by atoms with van der Waals surface area (Å²) < 4.78 is 13.1. The van der Waals surface area contributed by atoms with Gasteiger partial charge in [0.25, 0.3) is 5.91 Å². The van der Waals surface area contributed by atoms with Crippen LogP contribution in [-0.4, -0.2) is 57.1 Å². The molecule has 1 aromatic carbocycles. The average molecular weight is 365 g/mol. The molecule has 1 saturated heterocycles. The lowest BCUT2D eigenvalue weighted by molar-refractivity contribution is 0.0622. The van der Waals surface area contributed by atoms with Gasteiger partial charge in [0.15, 0.2) is 0 Å². The Bertz CT molecular complexity index is 902. The Morgan fingerprint density at radius 2 is 1.74 bits per heavy atom. The molecule has 2 aromatic heterocycles. The molecule has 3 aromatic rings. The normalized spacial score (nSPS) is 15.1. The van der Waals surface area contributed by atoms with Crippen LogP contribution in [0.2, 0.25) is 0 Å². The largest absolute Gasteiger partial charge is 0.335 e. The molecule has 0 bridgehead atoms. The van der Waals surface area contributed by atoms with Gasteiger partial charge in [-0.05, 0) is 48.0 Å². The molecule has 7 heteroatoms. The fourth-order valence-corrected chi connectivity index (χ4v) is 3.23. The second-order valence-corrected chi connectivity index (χ2v) is 6.60. The maximum absolute atomic E-state index is 13.1. The number of rotatable bonds is 4. The molecule has 0 radical (unpaired) electrons. The topological polar surface area (TPSA) is 65.1 Å². The molecule has 6 nitrogen and oxygen atoms in total. The monoisotopic (exact) mass is 365 g/mol. The number of halogens is 1. The SMILES string of the molecule is O=C(c1cc(-c2ccc(F)cc2)n[nH]1)N1CCN(Cc2ccncc2)CC1. The van der Waals surface area contributed by atoms with Crippen LogP contribution in [0.5, 0.6) is 0 Å².